The standard InChI is InChI=1S/C11H10BrNO2/c1-2-15-11(14)8-3-7-4-9(12)6-13-10(7)5-8/h3-4,6H,2,5H2,1H3. The van der Waals surface area contributed by atoms with E-state index in [1.165, 1.54) is 0 Å². The minimum absolute atomic E-state index is 0.244. The predicted molar refractivity (Wildman–Crippen MR) is 60.3 cm³/mol. The molecule has 78 valence electrons. The molecule has 0 bridgehead atoms. The molecular formula is C11H10BrNO2. The molecule has 0 unspecified atom stereocenters. The number of aromatic nitrogens is 1. The lowest BCUT2D eigenvalue weighted by molar-refractivity contribution is -0.138. The first-order valence-corrected chi connectivity index (χ1v) is 5.52. The largest absolute Gasteiger partial charge is 0.463 e. The Hall–Kier alpha value is -1.16. The van der Waals surface area contributed by atoms with Crippen LogP contribution in [0.4, 0.5) is 0 Å². The summed E-state index contributed by atoms with van der Waals surface area (Å²) in [5, 5.41) is 0. The predicted octanol–water partition coefficient (Wildman–Crippen LogP) is 2.35. The Morgan fingerprint density at radius 3 is 3.20 bits per heavy atom. The van der Waals surface area contributed by atoms with E-state index in [9.17, 15) is 4.79 Å². The lowest BCUT2D eigenvalue weighted by atomic mass is 10.2. The molecule has 0 amide bonds. The van der Waals surface area contributed by atoms with E-state index in [0.717, 1.165) is 15.7 Å². The molecule has 0 aliphatic heterocycles. The molecule has 1 aromatic rings. The van der Waals surface area contributed by atoms with Gasteiger partial charge in [-0.1, -0.05) is 0 Å². The highest BCUT2D eigenvalue weighted by Crippen LogP contribution is 2.26. The number of fused-ring (bicyclic) bond motifs is 1. The molecular weight excluding hydrogens is 258 g/mol. The van der Waals surface area contributed by atoms with E-state index in [1.807, 2.05) is 12.1 Å². The number of ether oxygens (including phenoxy) is 1. The van der Waals surface area contributed by atoms with Gasteiger partial charge in [0.05, 0.1) is 12.3 Å². The Labute approximate surface area is 96.3 Å². The molecule has 1 aliphatic rings. The Balaban J connectivity index is 2.23. The summed E-state index contributed by atoms with van der Waals surface area (Å²) in [6.45, 7) is 2.21. The van der Waals surface area contributed by atoms with Gasteiger partial charge in [-0.05, 0) is 40.6 Å². The second-order valence-electron chi connectivity index (χ2n) is 3.26. The van der Waals surface area contributed by atoms with E-state index in [-0.39, 0.29) is 5.97 Å². The van der Waals surface area contributed by atoms with Crippen LogP contribution in [0.2, 0.25) is 0 Å². The minimum atomic E-state index is -0.244. The van der Waals surface area contributed by atoms with Crippen molar-refractivity contribution in [2.45, 2.75) is 13.3 Å². The molecule has 1 heterocycles. The van der Waals surface area contributed by atoms with Gasteiger partial charge in [0.25, 0.3) is 0 Å². The average Bonchev–Trinajstić information content (AvgIpc) is 2.60. The fourth-order valence-corrected chi connectivity index (χ4v) is 1.88. The zero-order chi connectivity index (χ0) is 10.8. The number of carbonyl (C=O) groups excluding carboxylic acids is 1. The van der Waals surface area contributed by atoms with Gasteiger partial charge in [0.2, 0.25) is 0 Å². The quantitative estimate of drug-likeness (QED) is 0.773. The first-order valence-electron chi connectivity index (χ1n) is 4.73. The summed E-state index contributed by atoms with van der Waals surface area (Å²) >= 11 is 3.34. The van der Waals surface area contributed by atoms with Gasteiger partial charge in [0.15, 0.2) is 0 Å². The van der Waals surface area contributed by atoms with Crippen molar-refractivity contribution < 1.29 is 9.53 Å². The van der Waals surface area contributed by atoms with Gasteiger partial charge in [-0.3, -0.25) is 4.98 Å². The van der Waals surface area contributed by atoms with Crippen LogP contribution in [0.25, 0.3) is 6.08 Å². The van der Waals surface area contributed by atoms with Crippen LogP contribution in [0.15, 0.2) is 22.3 Å². The first-order chi connectivity index (χ1) is 7.20. The molecule has 0 saturated heterocycles. The Kier molecular flexibility index (Phi) is 2.86. The van der Waals surface area contributed by atoms with Crippen molar-refractivity contribution in [2.75, 3.05) is 6.61 Å². The highest BCUT2D eigenvalue weighted by Gasteiger charge is 2.20. The highest BCUT2D eigenvalue weighted by molar-refractivity contribution is 9.10. The van der Waals surface area contributed by atoms with Crippen molar-refractivity contribution in [1.29, 1.82) is 0 Å². The molecule has 15 heavy (non-hydrogen) atoms. The first kappa shape index (κ1) is 10.4. The van der Waals surface area contributed by atoms with E-state index < -0.39 is 0 Å². The maximum atomic E-state index is 11.5. The number of esters is 1. The van der Waals surface area contributed by atoms with Gasteiger partial charge in [-0.15, -0.1) is 0 Å². The third-order valence-corrected chi connectivity index (χ3v) is 2.63. The summed E-state index contributed by atoms with van der Waals surface area (Å²) in [7, 11) is 0. The molecule has 4 heteroatoms. The zero-order valence-corrected chi connectivity index (χ0v) is 9.87. The van der Waals surface area contributed by atoms with E-state index in [2.05, 4.69) is 20.9 Å². The van der Waals surface area contributed by atoms with Crippen LogP contribution in [0.1, 0.15) is 18.2 Å². The Morgan fingerprint density at radius 1 is 1.67 bits per heavy atom. The van der Waals surface area contributed by atoms with Crippen molar-refractivity contribution in [3.05, 3.63) is 33.6 Å². The number of nitrogens with zero attached hydrogens (tertiary/aromatic N) is 1. The lowest BCUT2D eigenvalue weighted by Gasteiger charge is -2.00. The van der Waals surface area contributed by atoms with Gasteiger partial charge in [0, 0.05) is 22.7 Å². The number of carbonyl (C=O) groups is 1. The van der Waals surface area contributed by atoms with Crippen LogP contribution < -0.4 is 0 Å². The number of pyridine rings is 1. The highest BCUT2D eigenvalue weighted by atomic mass is 79.9. The number of rotatable bonds is 2. The second-order valence-corrected chi connectivity index (χ2v) is 4.17. The summed E-state index contributed by atoms with van der Waals surface area (Å²) in [5.74, 6) is -0.244. The minimum Gasteiger partial charge on any atom is -0.463 e. The summed E-state index contributed by atoms with van der Waals surface area (Å²) in [4.78, 5) is 15.7. The number of hydrogen-bond donors (Lipinski definition) is 0. The Bertz CT molecular complexity index is 440. The van der Waals surface area contributed by atoms with E-state index in [1.54, 1.807) is 13.1 Å². The summed E-state index contributed by atoms with van der Waals surface area (Å²) in [6.07, 6.45) is 4.15. The van der Waals surface area contributed by atoms with Crippen LogP contribution in [-0.2, 0) is 16.0 Å². The lowest BCUT2D eigenvalue weighted by Crippen LogP contribution is -2.07. The Morgan fingerprint density at radius 2 is 2.47 bits per heavy atom. The van der Waals surface area contributed by atoms with Gasteiger partial charge in [-0.25, -0.2) is 4.79 Å². The van der Waals surface area contributed by atoms with Gasteiger partial charge < -0.3 is 4.74 Å². The zero-order valence-electron chi connectivity index (χ0n) is 8.29. The molecule has 2 rings (SSSR count). The molecule has 0 atom stereocenters. The van der Waals surface area contributed by atoms with Crippen molar-refractivity contribution >= 4 is 28.0 Å². The monoisotopic (exact) mass is 267 g/mol. The third kappa shape index (κ3) is 2.09. The number of halogens is 1. The molecule has 0 radical (unpaired) electrons. The van der Waals surface area contributed by atoms with Gasteiger partial charge in [0.1, 0.15) is 0 Å². The fraction of sp³-hybridized carbons (Fsp3) is 0.273. The van der Waals surface area contributed by atoms with Crippen molar-refractivity contribution in [1.82, 2.24) is 4.98 Å². The molecule has 0 fully saturated rings. The molecule has 3 nitrogen and oxygen atoms in total. The third-order valence-electron chi connectivity index (χ3n) is 2.20. The van der Waals surface area contributed by atoms with Crippen molar-refractivity contribution in [3.63, 3.8) is 0 Å². The number of hydrogen-bond acceptors (Lipinski definition) is 3. The average molecular weight is 268 g/mol. The molecule has 0 N–H and O–H groups in total. The van der Waals surface area contributed by atoms with E-state index in [4.69, 9.17) is 4.74 Å². The van der Waals surface area contributed by atoms with Crippen LogP contribution in [-0.4, -0.2) is 17.6 Å². The van der Waals surface area contributed by atoms with Gasteiger partial charge >= 0.3 is 5.97 Å². The van der Waals surface area contributed by atoms with Crippen LogP contribution in [0.5, 0.6) is 0 Å². The topological polar surface area (TPSA) is 39.2 Å². The molecule has 0 aromatic carbocycles. The molecule has 0 saturated carbocycles. The fourth-order valence-electron chi connectivity index (χ4n) is 1.53. The van der Waals surface area contributed by atoms with Gasteiger partial charge in [-0.2, -0.15) is 0 Å². The normalized spacial score (nSPS) is 13.3. The second kappa shape index (κ2) is 4.14. The summed E-state index contributed by atoms with van der Waals surface area (Å²) in [6, 6.07) is 1.95. The summed E-state index contributed by atoms with van der Waals surface area (Å²) < 4.78 is 5.86. The van der Waals surface area contributed by atoms with E-state index in [0.29, 0.717) is 18.6 Å². The summed E-state index contributed by atoms with van der Waals surface area (Å²) in [5.41, 5.74) is 2.60. The smallest absolute Gasteiger partial charge is 0.334 e. The maximum absolute atomic E-state index is 11.5. The van der Waals surface area contributed by atoms with E-state index >= 15 is 0 Å². The molecule has 1 aliphatic carbocycles. The van der Waals surface area contributed by atoms with Crippen LogP contribution >= 0.6 is 15.9 Å². The van der Waals surface area contributed by atoms with Crippen LogP contribution in [0.3, 0.4) is 0 Å². The van der Waals surface area contributed by atoms with Crippen molar-refractivity contribution in [3.8, 4) is 0 Å². The maximum Gasteiger partial charge on any atom is 0.334 e. The molecule has 1 aromatic heterocycles. The van der Waals surface area contributed by atoms with Crippen LogP contribution in [0, 0.1) is 0 Å². The molecule has 0 spiro atoms. The van der Waals surface area contributed by atoms with Crippen molar-refractivity contribution in [2.24, 2.45) is 0 Å². The SMILES string of the molecule is CCOC(=O)C1=Cc2cc(Br)cnc2C1.